The fraction of sp³-hybridized carbons (Fsp3) is 0.556. The maximum absolute atomic E-state index is 13.1. The van der Waals surface area contributed by atoms with Gasteiger partial charge in [0, 0.05) is 13.1 Å². The molecule has 0 spiro atoms. The topological polar surface area (TPSA) is 60.9 Å². The molecule has 1 aliphatic carbocycles. The van der Waals surface area contributed by atoms with E-state index in [9.17, 15) is 14.7 Å². The van der Waals surface area contributed by atoms with Gasteiger partial charge in [-0.2, -0.15) is 0 Å². The van der Waals surface area contributed by atoms with Gasteiger partial charge in [0.2, 0.25) is 5.91 Å². The molecule has 1 N–H and O–H groups in total. The zero-order valence-corrected chi connectivity index (χ0v) is 13.7. The lowest BCUT2D eigenvalue weighted by Gasteiger charge is -2.29. The van der Waals surface area contributed by atoms with Crippen LogP contribution in [0.25, 0.3) is 0 Å². The number of carbonyl (C=O) groups is 2. The van der Waals surface area contributed by atoms with Crippen LogP contribution in [0.3, 0.4) is 0 Å². The molecule has 3 rings (SSSR count). The third kappa shape index (κ3) is 2.63. The molecule has 0 radical (unpaired) electrons. The second-order valence-corrected chi connectivity index (χ2v) is 7.05. The van der Waals surface area contributed by atoms with Crippen molar-refractivity contribution < 1.29 is 14.7 Å². The van der Waals surface area contributed by atoms with E-state index in [-0.39, 0.29) is 17.9 Å². The third-order valence-corrected chi connectivity index (χ3v) is 5.47. The Labute approximate surface area is 136 Å². The van der Waals surface area contributed by atoms with Crippen molar-refractivity contribution in [1.82, 2.24) is 9.80 Å². The molecule has 3 atom stereocenters. The van der Waals surface area contributed by atoms with Gasteiger partial charge in [0.1, 0.15) is 6.04 Å². The predicted octanol–water partition coefficient (Wildman–Crippen LogP) is 2.00. The number of carbonyl (C=O) groups excluding carboxylic acids is 1. The highest BCUT2D eigenvalue weighted by Crippen LogP contribution is 2.49. The number of likely N-dealkylation sites (tertiary alicyclic amines) is 1. The van der Waals surface area contributed by atoms with E-state index in [0.717, 1.165) is 18.4 Å². The average Bonchev–Trinajstić information content (AvgIpc) is 3.06. The molecule has 1 aromatic rings. The summed E-state index contributed by atoms with van der Waals surface area (Å²) in [7, 11) is 3.78. The number of fused-ring (bicyclic) bond motifs is 1. The number of benzene rings is 1. The van der Waals surface area contributed by atoms with E-state index in [1.54, 1.807) is 4.90 Å². The molecule has 1 amide bonds. The molecule has 2 fully saturated rings. The Hall–Kier alpha value is -1.88. The number of amides is 1. The van der Waals surface area contributed by atoms with Gasteiger partial charge in [0.15, 0.2) is 0 Å². The lowest BCUT2D eigenvalue weighted by molar-refractivity contribution is -0.149. The summed E-state index contributed by atoms with van der Waals surface area (Å²) in [6.45, 7) is 0.922. The van der Waals surface area contributed by atoms with Crippen molar-refractivity contribution in [2.24, 2.45) is 11.3 Å². The summed E-state index contributed by atoms with van der Waals surface area (Å²) in [5.74, 6) is -0.629. The van der Waals surface area contributed by atoms with Crippen molar-refractivity contribution in [2.45, 2.75) is 25.3 Å². The summed E-state index contributed by atoms with van der Waals surface area (Å²) in [4.78, 5) is 28.5. The normalized spacial score (nSPS) is 28.0. The molecule has 5 nitrogen and oxygen atoms in total. The molecule has 1 saturated carbocycles. The highest BCUT2D eigenvalue weighted by molar-refractivity contribution is 5.85. The summed E-state index contributed by atoms with van der Waals surface area (Å²) in [5.41, 5.74) is 0.229. The summed E-state index contributed by atoms with van der Waals surface area (Å²) in [5, 5.41) is 9.69. The van der Waals surface area contributed by atoms with E-state index in [2.05, 4.69) is 0 Å². The van der Waals surface area contributed by atoms with Gasteiger partial charge in [-0.05, 0) is 38.4 Å². The summed E-state index contributed by atoms with van der Waals surface area (Å²) in [6, 6.07) is 9.33. The van der Waals surface area contributed by atoms with Gasteiger partial charge in [0.25, 0.3) is 0 Å². The van der Waals surface area contributed by atoms with Crippen LogP contribution < -0.4 is 0 Å². The minimum absolute atomic E-state index is 0.0104. The standard InChI is InChI=1S/C18H24N2O3/c1-19(2)15(13-7-4-3-5-8-13)16(21)20-11-14-9-6-10-18(14,12-20)17(22)23/h3-5,7-8,14-15H,6,9-12H2,1-2H3,(H,22,23)/t14-,15?,18+/m0/s1. The number of rotatable bonds is 4. The highest BCUT2D eigenvalue weighted by Gasteiger charge is 2.56. The Balaban J connectivity index is 1.84. The minimum Gasteiger partial charge on any atom is -0.481 e. The van der Waals surface area contributed by atoms with Crippen LogP contribution in [0.1, 0.15) is 30.9 Å². The molecule has 2 aliphatic rings. The summed E-state index contributed by atoms with van der Waals surface area (Å²) >= 11 is 0. The summed E-state index contributed by atoms with van der Waals surface area (Å²) in [6.07, 6.45) is 2.55. The smallest absolute Gasteiger partial charge is 0.311 e. The second kappa shape index (κ2) is 5.96. The summed E-state index contributed by atoms with van der Waals surface area (Å²) < 4.78 is 0. The fourth-order valence-electron chi connectivity index (χ4n) is 4.28. The Bertz CT molecular complexity index is 602. The number of aliphatic carboxylic acids is 1. The van der Waals surface area contributed by atoms with Crippen molar-refractivity contribution >= 4 is 11.9 Å². The van der Waals surface area contributed by atoms with Gasteiger partial charge in [-0.3, -0.25) is 14.5 Å². The van der Waals surface area contributed by atoms with Crippen LogP contribution in [0.4, 0.5) is 0 Å². The molecule has 1 aliphatic heterocycles. The van der Waals surface area contributed by atoms with E-state index >= 15 is 0 Å². The fourth-order valence-corrected chi connectivity index (χ4v) is 4.28. The molecule has 1 heterocycles. The monoisotopic (exact) mass is 316 g/mol. The van der Waals surface area contributed by atoms with Gasteiger partial charge in [0.05, 0.1) is 5.41 Å². The lowest BCUT2D eigenvalue weighted by atomic mass is 9.81. The number of hydrogen-bond acceptors (Lipinski definition) is 3. The highest BCUT2D eigenvalue weighted by atomic mass is 16.4. The molecule has 1 aromatic carbocycles. The first-order valence-corrected chi connectivity index (χ1v) is 8.19. The van der Waals surface area contributed by atoms with Gasteiger partial charge in [-0.1, -0.05) is 36.8 Å². The molecule has 1 saturated heterocycles. The van der Waals surface area contributed by atoms with Crippen LogP contribution in [-0.4, -0.2) is 54.0 Å². The number of carboxylic acid groups (broad SMARTS) is 1. The number of nitrogens with zero attached hydrogens (tertiary/aromatic N) is 2. The first kappa shape index (κ1) is 16.0. The van der Waals surface area contributed by atoms with Crippen LogP contribution in [0.5, 0.6) is 0 Å². The molecule has 5 heteroatoms. The molecule has 1 unspecified atom stereocenters. The van der Waals surface area contributed by atoms with Crippen molar-refractivity contribution in [3.05, 3.63) is 35.9 Å². The number of carboxylic acids is 1. The quantitative estimate of drug-likeness (QED) is 0.923. The maximum Gasteiger partial charge on any atom is 0.311 e. The van der Waals surface area contributed by atoms with E-state index in [0.29, 0.717) is 19.5 Å². The largest absolute Gasteiger partial charge is 0.481 e. The minimum atomic E-state index is -0.739. The number of hydrogen-bond donors (Lipinski definition) is 1. The van der Waals surface area contributed by atoms with E-state index < -0.39 is 11.4 Å². The zero-order valence-electron chi connectivity index (χ0n) is 13.7. The Morgan fingerprint density at radius 3 is 2.57 bits per heavy atom. The lowest BCUT2D eigenvalue weighted by Crippen LogP contribution is -2.42. The maximum atomic E-state index is 13.1. The van der Waals surface area contributed by atoms with Crippen molar-refractivity contribution in [3.8, 4) is 0 Å². The zero-order chi connectivity index (χ0) is 16.6. The van der Waals surface area contributed by atoms with Crippen molar-refractivity contribution in [1.29, 1.82) is 0 Å². The molecule has 124 valence electrons. The van der Waals surface area contributed by atoms with E-state index in [4.69, 9.17) is 0 Å². The van der Waals surface area contributed by atoms with Crippen LogP contribution in [0.15, 0.2) is 30.3 Å². The third-order valence-electron chi connectivity index (χ3n) is 5.47. The Morgan fingerprint density at radius 1 is 1.30 bits per heavy atom. The van der Waals surface area contributed by atoms with Crippen molar-refractivity contribution in [3.63, 3.8) is 0 Å². The van der Waals surface area contributed by atoms with E-state index in [1.165, 1.54) is 0 Å². The van der Waals surface area contributed by atoms with Crippen LogP contribution >= 0.6 is 0 Å². The molecule has 23 heavy (non-hydrogen) atoms. The van der Waals surface area contributed by atoms with Crippen molar-refractivity contribution in [2.75, 3.05) is 27.2 Å². The molecular weight excluding hydrogens is 292 g/mol. The first-order valence-electron chi connectivity index (χ1n) is 8.19. The average molecular weight is 316 g/mol. The molecule has 0 aromatic heterocycles. The molecular formula is C18H24N2O3. The first-order chi connectivity index (χ1) is 11.0. The molecule has 0 bridgehead atoms. The van der Waals surface area contributed by atoms with Gasteiger partial charge in [-0.25, -0.2) is 0 Å². The predicted molar refractivity (Wildman–Crippen MR) is 86.9 cm³/mol. The van der Waals surface area contributed by atoms with Gasteiger partial charge < -0.3 is 10.0 Å². The van der Waals surface area contributed by atoms with E-state index in [1.807, 2.05) is 49.3 Å². The number of likely N-dealkylation sites (N-methyl/N-ethyl adjacent to an activating group) is 1. The van der Waals surface area contributed by atoms with Crippen LogP contribution in [0, 0.1) is 11.3 Å². The second-order valence-electron chi connectivity index (χ2n) is 7.05. The SMILES string of the molecule is CN(C)C(C(=O)N1C[C@@H]2CCC[C@@]2(C(=O)O)C1)c1ccccc1. The van der Waals surface area contributed by atoms with Gasteiger partial charge in [-0.15, -0.1) is 0 Å². The van der Waals surface area contributed by atoms with Crippen LogP contribution in [0.2, 0.25) is 0 Å². The Kier molecular flexibility index (Phi) is 4.15. The Morgan fingerprint density at radius 2 is 2.00 bits per heavy atom. The van der Waals surface area contributed by atoms with Crippen LogP contribution in [-0.2, 0) is 9.59 Å². The van der Waals surface area contributed by atoms with Gasteiger partial charge >= 0.3 is 5.97 Å².